The predicted molar refractivity (Wildman–Crippen MR) is 44.2 cm³/mol. The lowest BCUT2D eigenvalue weighted by Gasteiger charge is -2.59. The van der Waals surface area contributed by atoms with Crippen molar-refractivity contribution in [2.75, 3.05) is 0 Å². The Balaban J connectivity index is 2.16. The number of hydrogen-bond acceptors (Lipinski definition) is 1. The molecule has 0 N–H and O–H groups in total. The first-order chi connectivity index (χ1) is 5.16. The maximum atomic E-state index is 10.7. The summed E-state index contributed by atoms with van der Waals surface area (Å²) in [6.45, 7) is 4.64. The third kappa shape index (κ3) is 0.800. The highest BCUT2D eigenvalue weighted by Gasteiger charge is 2.53. The fourth-order valence-electron chi connectivity index (χ4n) is 3.03. The van der Waals surface area contributed by atoms with Crippen LogP contribution in [-0.4, -0.2) is 6.29 Å². The van der Waals surface area contributed by atoms with Gasteiger partial charge in [-0.1, -0.05) is 13.8 Å². The van der Waals surface area contributed by atoms with Gasteiger partial charge in [0.25, 0.3) is 0 Å². The Morgan fingerprint density at radius 3 is 2.45 bits per heavy atom. The van der Waals surface area contributed by atoms with Crippen LogP contribution in [0.15, 0.2) is 0 Å². The molecular formula is C10H16O. The zero-order valence-corrected chi connectivity index (χ0v) is 7.34. The van der Waals surface area contributed by atoms with Crippen molar-refractivity contribution < 1.29 is 4.79 Å². The molecule has 2 bridgehead atoms. The van der Waals surface area contributed by atoms with E-state index in [4.69, 9.17) is 0 Å². The fraction of sp³-hybridized carbons (Fsp3) is 0.900. The molecule has 3 rings (SSSR count). The summed E-state index contributed by atoms with van der Waals surface area (Å²) >= 11 is 0. The fourth-order valence-corrected chi connectivity index (χ4v) is 3.03. The molecule has 0 spiro atoms. The summed E-state index contributed by atoms with van der Waals surface area (Å²) in [5.74, 6) is 2.01. The third-order valence-electron chi connectivity index (χ3n) is 4.09. The molecule has 3 aliphatic carbocycles. The minimum atomic E-state index is 0.384. The molecule has 1 heteroatoms. The minimum Gasteiger partial charge on any atom is -0.303 e. The Morgan fingerprint density at radius 1 is 1.36 bits per heavy atom. The Bertz CT molecular complexity index is 181. The van der Waals surface area contributed by atoms with Crippen LogP contribution in [0.1, 0.15) is 33.1 Å². The number of fused-ring (bicyclic) bond motifs is 2. The molecule has 3 fully saturated rings. The third-order valence-corrected chi connectivity index (χ3v) is 4.09. The van der Waals surface area contributed by atoms with Gasteiger partial charge in [-0.25, -0.2) is 0 Å². The molecular weight excluding hydrogens is 136 g/mol. The molecule has 1 unspecified atom stereocenters. The summed E-state index contributed by atoms with van der Waals surface area (Å²) < 4.78 is 0. The lowest BCUT2D eigenvalue weighted by molar-refractivity contribution is -0.134. The smallest absolute Gasteiger partial charge is 0.123 e. The maximum absolute atomic E-state index is 10.7. The van der Waals surface area contributed by atoms with E-state index in [1.807, 2.05) is 0 Å². The number of hydrogen-bond donors (Lipinski definition) is 0. The SMILES string of the molecule is CC1(C)[C@H]2CCC(C=O)[C@H]1C2. The largest absolute Gasteiger partial charge is 0.303 e. The average molecular weight is 152 g/mol. The summed E-state index contributed by atoms with van der Waals surface area (Å²) in [4.78, 5) is 10.7. The van der Waals surface area contributed by atoms with Crippen molar-refractivity contribution in [1.82, 2.24) is 0 Å². The predicted octanol–water partition coefficient (Wildman–Crippen LogP) is 2.26. The van der Waals surface area contributed by atoms with E-state index in [1.54, 1.807) is 0 Å². The van der Waals surface area contributed by atoms with Gasteiger partial charge in [0.1, 0.15) is 6.29 Å². The van der Waals surface area contributed by atoms with Gasteiger partial charge < -0.3 is 4.79 Å². The van der Waals surface area contributed by atoms with Crippen molar-refractivity contribution in [3.8, 4) is 0 Å². The Hall–Kier alpha value is -0.330. The Morgan fingerprint density at radius 2 is 2.09 bits per heavy atom. The van der Waals surface area contributed by atoms with Gasteiger partial charge in [-0.2, -0.15) is 0 Å². The second-order valence-corrected chi connectivity index (χ2v) is 4.74. The second-order valence-electron chi connectivity index (χ2n) is 4.74. The highest BCUT2D eigenvalue weighted by atomic mass is 16.1. The summed E-state index contributed by atoms with van der Waals surface area (Å²) in [6, 6.07) is 0. The van der Waals surface area contributed by atoms with E-state index in [0.717, 1.165) is 12.3 Å². The number of rotatable bonds is 1. The number of carbonyl (C=O) groups excluding carboxylic acids is 1. The van der Waals surface area contributed by atoms with Gasteiger partial charge in [-0.3, -0.25) is 0 Å². The molecule has 0 saturated heterocycles. The van der Waals surface area contributed by atoms with Crippen molar-refractivity contribution in [2.45, 2.75) is 33.1 Å². The first-order valence-electron chi connectivity index (χ1n) is 4.61. The molecule has 3 saturated carbocycles. The van der Waals surface area contributed by atoms with Crippen molar-refractivity contribution in [2.24, 2.45) is 23.2 Å². The van der Waals surface area contributed by atoms with Gasteiger partial charge in [-0.15, -0.1) is 0 Å². The standard InChI is InChI=1S/C10H16O/c1-10(2)8-4-3-7(6-11)9(10)5-8/h6-9H,3-5H2,1-2H3/t7?,8-,9+/m0/s1. The topological polar surface area (TPSA) is 17.1 Å². The van der Waals surface area contributed by atoms with E-state index in [0.29, 0.717) is 17.3 Å². The van der Waals surface area contributed by atoms with Crippen LogP contribution < -0.4 is 0 Å². The molecule has 3 aliphatic rings. The van der Waals surface area contributed by atoms with Gasteiger partial charge in [0.15, 0.2) is 0 Å². The van der Waals surface area contributed by atoms with E-state index in [-0.39, 0.29) is 0 Å². The highest BCUT2D eigenvalue weighted by Crippen LogP contribution is 2.60. The van der Waals surface area contributed by atoms with Crippen molar-refractivity contribution in [3.63, 3.8) is 0 Å². The number of aldehydes is 1. The van der Waals surface area contributed by atoms with Crippen LogP contribution >= 0.6 is 0 Å². The molecule has 0 aromatic carbocycles. The van der Waals surface area contributed by atoms with E-state index in [1.165, 1.54) is 19.1 Å². The molecule has 3 atom stereocenters. The molecule has 0 aromatic rings. The van der Waals surface area contributed by atoms with Crippen molar-refractivity contribution >= 4 is 6.29 Å². The zero-order valence-electron chi connectivity index (χ0n) is 7.34. The molecule has 0 radical (unpaired) electrons. The van der Waals surface area contributed by atoms with E-state index < -0.39 is 0 Å². The highest BCUT2D eigenvalue weighted by molar-refractivity contribution is 5.55. The number of carbonyl (C=O) groups is 1. The maximum Gasteiger partial charge on any atom is 0.123 e. The van der Waals surface area contributed by atoms with Gasteiger partial charge in [0.2, 0.25) is 0 Å². The summed E-state index contributed by atoms with van der Waals surface area (Å²) in [6.07, 6.45) is 4.94. The van der Waals surface area contributed by atoms with E-state index in [2.05, 4.69) is 13.8 Å². The van der Waals surface area contributed by atoms with E-state index >= 15 is 0 Å². The van der Waals surface area contributed by atoms with Crippen LogP contribution in [0.2, 0.25) is 0 Å². The van der Waals surface area contributed by atoms with E-state index in [9.17, 15) is 4.79 Å². The van der Waals surface area contributed by atoms with Gasteiger partial charge in [-0.05, 0) is 36.5 Å². The minimum absolute atomic E-state index is 0.384. The molecule has 0 amide bonds. The van der Waals surface area contributed by atoms with Crippen molar-refractivity contribution in [1.29, 1.82) is 0 Å². The quantitative estimate of drug-likeness (QED) is 0.527. The lowest BCUT2D eigenvalue weighted by Crippen LogP contribution is -2.52. The van der Waals surface area contributed by atoms with Crippen LogP contribution in [0.5, 0.6) is 0 Å². The Kier molecular flexibility index (Phi) is 1.39. The van der Waals surface area contributed by atoms with Gasteiger partial charge >= 0.3 is 0 Å². The van der Waals surface area contributed by atoms with Crippen LogP contribution in [0.3, 0.4) is 0 Å². The first-order valence-corrected chi connectivity index (χ1v) is 4.61. The van der Waals surface area contributed by atoms with Crippen LogP contribution in [0, 0.1) is 23.2 Å². The lowest BCUT2D eigenvalue weighted by atomic mass is 9.46. The average Bonchev–Trinajstić information content (AvgIpc) is 2.04. The molecule has 0 aliphatic heterocycles. The van der Waals surface area contributed by atoms with Crippen LogP contribution in [0.4, 0.5) is 0 Å². The molecule has 0 aromatic heterocycles. The normalized spacial score (nSPS) is 46.2. The molecule has 11 heavy (non-hydrogen) atoms. The van der Waals surface area contributed by atoms with Gasteiger partial charge in [0, 0.05) is 5.92 Å². The summed E-state index contributed by atoms with van der Waals surface area (Å²) in [7, 11) is 0. The van der Waals surface area contributed by atoms with Crippen molar-refractivity contribution in [3.05, 3.63) is 0 Å². The summed E-state index contributed by atoms with van der Waals surface area (Å²) in [5.41, 5.74) is 0.476. The van der Waals surface area contributed by atoms with Gasteiger partial charge in [0.05, 0.1) is 0 Å². The summed E-state index contributed by atoms with van der Waals surface area (Å²) in [5, 5.41) is 0. The molecule has 1 nitrogen and oxygen atoms in total. The zero-order chi connectivity index (χ0) is 8.06. The van der Waals surface area contributed by atoms with Crippen LogP contribution in [-0.2, 0) is 4.79 Å². The first kappa shape index (κ1) is 7.33. The molecule has 62 valence electrons. The second kappa shape index (κ2) is 2.09. The van der Waals surface area contributed by atoms with Crippen LogP contribution in [0.25, 0.3) is 0 Å². The Labute approximate surface area is 68.2 Å². The monoisotopic (exact) mass is 152 g/mol. The molecule has 0 heterocycles.